The highest BCUT2D eigenvalue weighted by atomic mass is 16.1. The molecule has 0 aliphatic carbocycles. The van der Waals surface area contributed by atoms with E-state index in [0.717, 1.165) is 40.0 Å². The highest BCUT2D eigenvalue weighted by molar-refractivity contribution is 5.94. The molecule has 184 valence electrons. The van der Waals surface area contributed by atoms with Crippen molar-refractivity contribution in [3.63, 3.8) is 0 Å². The largest absolute Gasteiger partial charge is 0.326 e. The van der Waals surface area contributed by atoms with Crippen LogP contribution in [0, 0.1) is 6.92 Å². The Bertz CT molecular complexity index is 1330. The normalized spacial score (nSPS) is 18.3. The Labute approximate surface area is 214 Å². The SMILES string of the molecule is Cc1ccc(-c2ccc(CC(=O)Nc3ccc4nc(CN5[C@H](C)CCC[C@@H]5C)ccc4c3)cc2)cc1. The maximum Gasteiger partial charge on any atom is 0.228 e. The van der Waals surface area contributed by atoms with Crippen LogP contribution in [0.25, 0.3) is 22.0 Å². The van der Waals surface area contributed by atoms with Crippen molar-refractivity contribution in [2.24, 2.45) is 0 Å². The van der Waals surface area contributed by atoms with Gasteiger partial charge in [-0.3, -0.25) is 14.7 Å². The van der Waals surface area contributed by atoms with Crippen LogP contribution in [0.3, 0.4) is 0 Å². The van der Waals surface area contributed by atoms with E-state index >= 15 is 0 Å². The van der Waals surface area contributed by atoms with Crippen LogP contribution >= 0.6 is 0 Å². The summed E-state index contributed by atoms with van der Waals surface area (Å²) in [5, 5.41) is 4.09. The van der Waals surface area contributed by atoms with Crippen LogP contribution in [0.4, 0.5) is 5.69 Å². The Morgan fingerprint density at radius 2 is 1.56 bits per heavy atom. The van der Waals surface area contributed by atoms with Crippen molar-refractivity contribution < 1.29 is 4.79 Å². The first-order chi connectivity index (χ1) is 17.4. The molecule has 0 spiro atoms. The summed E-state index contributed by atoms with van der Waals surface area (Å²) in [5.41, 5.74) is 7.46. The number of piperidine rings is 1. The van der Waals surface area contributed by atoms with Gasteiger partial charge < -0.3 is 5.32 Å². The third-order valence-corrected chi connectivity index (χ3v) is 7.45. The monoisotopic (exact) mass is 477 g/mol. The third-order valence-electron chi connectivity index (χ3n) is 7.45. The molecular formula is C32H35N3O. The Hall–Kier alpha value is -3.50. The lowest BCUT2D eigenvalue weighted by atomic mass is 9.97. The molecule has 2 atom stereocenters. The zero-order valence-corrected chi connectivity index (χ0v) is 21.5. The minimum Gasteiger partial charge on any atom is -0.326 e. The number of benzene rings is 3. The molecule has 4 heteroatoms. The van der Waals surface area contributed by atoms with Gasteiger partial charge >= 0.3 is 0 Å². The number of rotatable bonds is 6. The molecule has 0 unspecified atom stereocenters. The van der Waals surface area contributed by atoms with E-state index in [0.29, 0.717) is 18.5 Å². The summed E-state index contributed by atoms with van der Waals surface area (Å²) in [6.45, 7) is 7.62. The fourth-order valence-corrected chi connectivity index (χ4v) is 5.26. The number of carbonyl (C=O) groups is 1. The number of hydrogen-bond donors (Lipinski definition) is 1. The van der Waals surface area contributed by atoms with Gasteiger partial charge in [0.1, 0.15) is 0 Å². The molecule has 4 nitrogen and oxygen atoms in total. The molecule has 3 aromatic carbocycles. The topological polar surface area (TPSA) is 45.2 Å². The van der Waals surface area contributed by atoms with Gasteiger partial charge in [0.2, 0.25) is 5.91 Å². The van der Waals surface area contributed by atoms with Crippen LogP contribution in [0.5, 0.6) is 0 Å². The van der Waals surface area contributed by atoms with Crippen LogP contribution in [-0.2, 0) is 17.8 Å². The van der Waals surface area contributed by atoms with Crippen LogP contribution in [-0.4, -0.2) is 27.9 Å². The van der Waals surface area contributed by atoms with Crippen LogP contribution in [0.2, 0.25) is 0 Å². The van der Waals surface area contributed by atoms with E-state index in [1.807, 2.05) is 30.3 Å². The number of nitrogens with one attached hydrogen (secondary N) is 1. The number of aromatic nitrogens is 1. The van der Waals surface area contributed by atoms with Gasteiger partial charge in [-0.25, -0.2) is 0 Å². The van der Waals surface area contributed by atoms with Crippen LogP contribution < -0.4 is 5.32 Å². The van der Waals surface area contributed by atoms with Gasteiger partial charge in [0, 0.05) is 29.7 Å². The average molecular weight is 478 g/mol. The first-order valence-electron chi connectivity index (χ1n) is 13.1. The summed E-state index contributed by atoms with van der Waals surface area (Å²) in [4.78, 5) is 20.2. The Morgan fingerprint density at radius 1 is 0.889 bits per heavy atom. The summed E-state index contributed by atoms with van der Waals surface area (Å²) in [5.74, 6) is -0.0184. The Balaban J connectivity index is 1.21. The van der Waals surface area contributed by atoms with Crippen LogP contribution in [0.15, 0.2) is 78.9 Å². The van der Waals surface area contributed by atoms with Crippen molar-refractivity contribution in [1.82, 2.24) is 9.88 Å². The summed E-state index contributed by atoms with van der Waals surface area (Å²) in [6, 6.07) is 28.1. The van der Waals surface area contributed by atoms with Gasteiger partial charge in [-0.15, -0.1) is 0 Å². The zero-order valence-electron chi connectivity index (χ0n) is 21.5. The molecule has 1 N–H and O–H groups in total. The molecule has 1 saturated heterocycles. The number of pyridine rings is 1. The van der Waals surface area contributed by atoms with Crippen molar-refractivity contribution in [3.8, 4) is 11.1 Å². The molecule has 0 bridgehead atoms. The number of fused-ring (bicyclic) bond motifs is 1. The predicted molar refractivity (Wildman–Crippen MR) is 149 cm³/mol. The first-order valence-corrected chi connectivity index (χ1v) is 13.1. The van der Waals surface area contributed by atoms with Crippen molar-refractivity contribution >= 4 is 22.5 Å². The van der Waals surface area contributed by atoms with Crippen molar-refractivity contribution in [2.45, 2.75) is 65.1 Å². The van der Waals surface area contributed by atoms with E-state index in [9.17, 15) is 4.79 Å². The predicted octanol–water partition coefficient (Wildman–Crippen LogP) is 7.15. The van der Waals surface area contributed by atoms with Crippen molar-refractivity contribution in [1.29, 1.82) is 0 Å². The number of likely N-dealkylation sites (tertiary alicyclic amines) is 1. The minimum atomic E-state index is -0.0184. The van der Waals surface area contributed by atoms with Gasteiger partial charge in [0.05, 0.1) is 17.6 Å². The van der Waals surface area contributed by atoms with Gasteiger partial charge in [0.25, 0.3) is 0 Å². The quantitative estimate of drug-likeness (QED) is 0.321. The van der Waals surface area contributed by atoms with Crippen LogP contribution in [0.1, 0.15) is 49.9 Å². The molecule has 5 rings (SSSR count). The van der Waals surface area contributed by atoms with E-state index in [2.05, 4.69) is 79.5 Å². The standard InChI is InChI=1S/C32H35N3O/c1-22-7-11-26(12-8-22)27-13-9-25(10-14-27)19-32(36)34-29-17-18-31-28(20-29)15-16-30(33-31)21-35-23(2)5-4-6-24(35)3/h7-18,20,23-24H,4-6,19,21H2,1-3H3,(H,34,36)/t23-,24+. The zero-order chi connectivity index (χ0) is 25.1. The fraction of sp³-hybridized carbons (Fsp3) is 0.312. The Morgan fingerprint density at radius 3 is 2.25 bits per heavy atom. The molecule has 1 fully saturated rings. The number of nitrogens with zero attached hydrogens (tertiary/aromatic N) is 2. The Kier molecular flexibility index (Phi) is 7.15. The van der Waals surface area contributed by atoms with E-state index in [-0.39, 0.29) is 5.91 Å². The second-order valence-corrected chi connectivity index (χ2v) is 10.3. The van der Waals surface area contributed by atoms with E-state index in [1.54, 1.807) is 0 Å². The molecule has 0 saturated carbocycles. The van der Waals surface area contributed by atoms with Gasteiger partial charge in [-0.1, -0.05) is 66.6 Å². The second-order valence-electron chi connectivity index (χ2n) is 10.3. The van der Waals surface area contributed by atoms with Crippen molar-refractivity contribution in [3.05, 3.63) is 95.7 Å². The first kappa shape index (κ1) is 24.2. The van der Waals surface area contributed by atoms with Gasteiger partial charge in [-0.2, -0.15) is 0 Å². The maximum absolute atomic E-state index is 12.7. The fourth-order valence-electron chi connectivity index (χ4n) is 5.26. The summed E-state index contributed by atoms with van der Waals surface area (Å²) in [6.07, 6.45) is 4.18. The smallest absolute Gasteiger partial charge is 0.228 e. The van der Waals surface area contributed by atoms with E-state index in [1.165, 1.54) is 30.4 Å². The van der Waals surface area contributed by atoms with Gasteiger partial charge in [0.15, 0.2) is 0 Å². The van der Waals surface area contributed by atoms with Gasteiger partial charge in [-0.05, 0) is 74.6 Å². The molecule has 1 amide bonds. The molecule has 1 aromatic heterocycles. The second kappa shape index (κ2) is 10.6. The summed E-state index contributed by atoms with van der Waals surface area (Å²) >= 11 is 0. The maximum atomic E-state index is 12.7. The molecule has 36 heavy (non-hydrogen) atoms. The lowest BCUT2D eigenvalue weighted by Gasteiger charge is -2.38. The van der Waals surface area contributed by atoms with E-state index < -0.39 is 0 Å². The summed E-state index contributed by atoms with van der Waals surface area (Å²) in [7, 11) is 0. The number of hydrogen-bond acceptors (Lipinski definition) is 3. The molecule has 0 radical (unpaired) electrons. The number of amides is 1. The molecule has 1 aliphatic heterocycles. The summed E-state index contributed by atoms with van der Waals surface area (Å²) < 4.78 is 0. The third kappa shape index (κ3) is 5.66. The average Bonchev–Trinajstić information content (AvgIpc) is 2.87. The number of anilines is 1. The lowest BCUT2D eigenvalue weighted by Crippen LogP contribution is -2.43. The van der Waals surface area contributed by atoms with Crippen molar-refractivity contribution in [2.75, 3.05) is 5.32 Å². The van der Waals surface area contributed by atoms with E-state index in [4.69, 9.17) is 4.98 Å². The highest BCUT2D eigenvalue weighted by Crippen LogP contribution is 2.26. The molecule has 2 heterocycles. The minimum absolute atomic E-state index is 0.0184. The molecular weight excluding hydrogens is 442 g/mol. The lowest BCUT2D eigenvalue weighted by molar-refractivity contribution is -0.115. The molecule has 4 aromatic rings. The molecule has 1 aliphatic rings. The number of aryl methyl sites for hydroxylation is 1. The number of carbonyl (C=O) groups excluding carboxylic acids is 1. The highest BCUT2D eigenvalue weighted by Gasteiger charge is 2.24.